The molecular formula is C17H20ClFN6O2S. The average Bonchev–Trinajstić information content (AvgIpc) is 2.67. The van der Waals surface area contributed by atoms with Crippen LogP contribution in [0.1, 0.15) is 12.8 Å². The number of nitrogens with two attached hydrogens (primary N) is 2. The average molecular weight is 427 g/mol. The first-order valence-corrected chi connectivity index (χ1v) is 9.69. The fourth-order valence-corrected chi connectivity index (χ4v) is 4.07. The minimum atomic E-state index is -1.23. The molecule has 1 fully saturated rings. The van der Waals surface area contributed by atoms with Gasteiger partial charge in [-0.3, -0.25) is 0 Å². The molecule has 150 valence electrons. The predicted octanol–water partition coefficient (Wildman–Crippen LogP) is 3.02. The quantitative estimate of drug-likeness (QED) is 0.536. The van der Waals surface area contributed by atoms with E-state index in [1.54, 1.807) is 18.3 Å². The smallest absolute Gasteiger partial charge is 0.405 e. The Morgan fingerprint density at radius 2 is 2.11 bits per heavy atom. The number of hydrogen-bond acceptors (Lipinski definition) is 7. The van der Waals surface area contributed by atoms with E-state index in [2.05, 4.69) is 15.3 Å². The molecule has 11 heteroatoms. The van der Waals surface area contributed by atoms with Crippen molar-refractivity contribution in [2.45, 2.75) is 28.3 Å². The molecule has 0 bridgehead atoms. The van der Waals surface area contributed by atoms with Gasteiger partial charge in [-0.1, -0.05) is 29.4 Å². The van der Waals surface area contributed by atoms with E-state index in [9.17, 15) is 9.18 Å². The molecule has 1 amide bonds. The molecule has 1 aromatic heterocycles. The summed E-state index contributed by atoms with van der Waals surface area (Å²) < 4.78 is 13.4. The number of nitrogens with zero attached hydrogens (tertiary/aromatic N) is 3. The molecule has 2 heterocycles. The van der Waals surface area contributed by atoms with E-state index >= 15 is 0 Å². The van der Waals surface area contributed by atoms with Crippen LogP contribution in [0.4, 0.5) is 26.5 Å². The first kappa shape index (κ1) is 20.3. The normalized spacial score (nSPS) is 16.0. The summed E-state index contributed by atoms with van der Waals surface area (Å²) in [7, 11) is 0. The van der Waals surface area contributed by atoms with Crippen molar-refractivity contribution in [1.82, 2.24) is 15.3 Å². The summed E-state index contributed by atoms with van der Waals surface area (Å²) in [6.45, 7) is 0.120. The zero-order valence-electron chi connectivity index (χ0n) is 14.9. The number of hydrogen-bond donors (Lipinski definition) is 4. The van der Waals surface area contributed by atoms with E-state index in [1.807, 2.05) is 11.0 Å². The Hall–Kier alpha value is -2.46. The highest BCUT2D eigenvalue weighted by Crippen LogP contribution is 2.37. The number of nitrogen functional groups attached to an aromatic ring is 2. The molecule has 0 atom stereocenters. The number of carbonyl (C=O) groups is 1. The van der Waals surface area contributed by atoms with E-state index in [0.29, 0.717) is 47.5 Å². The van der Waals surface area contributed by atoms with E-state index in [1.165, 1.54) is 11.8 Å². The van der Waals surface area contributed by atoms with Crippen LogP contribution < -0.4 is 21.7 Å². The lowest BCUT2D eigenvalue weighted by Gasteiger charge is -2.40. The summed E-state index contributed by atoms with van der Waals surface area (Å²) >= 11 is 7.47. The highest BCUT2D eigenvalue weighted by molar-refractivity contribution is 7.99. The second-order valence-electron chi connectivity index (χ2n) is 6.51. The van der Waals surface area contributed by atoms with Gasteiger partial charge in [-0.2, -0.15) is 0 Å². The monoisotopic (exact) mass is 426 g/mol. The van der Waals surface area contributed by atoms with Gasteiger partial charge in [0.25, 0.3) is 0 Å². The number of carboxylic acid groups (broad SMARTS) is 1. The first-order chi connectivity index (χ1) is 13.3. The van der Waals surface area contributed by atoms with Gasteiger partial charge in [0, 0.05) is 18.0 Å². The number of anilines is 3. The van der Waals surface area contributed by atoms with Gasteiger partial charge in [0.2, 0.25) is 0 Å². The Kier molecular flexibility index (Phi) is 5.99. The molecule has 0 aliphatic carbocycles. The number of halogens is 2. The van der Waals surface area contributed by atoms with Crippen molar-refractivity contribution in [1.29, 1.82) is 0 Å². The van der Waals surface area contributed by atoms with Crippen molar-refractivity contribution in [2.24, 2.45) is 0 Å². The molecule has 1 saturated heterocycles. The summed E-state index contributed by atoms with van der Waals surface area (Å²) in [6, 6.07) is 5.31. The second kappa shape index (κ2) is 8.27. The minimum Gasteiger partial charge on any atom is -0.465 e. The molecule has 6 N–H and O–H groups in total. The molecule has 1 aromatic carbocycles. The third-order valence-corrected chi connectivity index (χ3v) is 6.23. The van der Waals surface area contributed by atoms with E-state index < -0.39 is 18.3 Å². The number of rotatable bonds is 5. The van der Waals surface area contributed by atoms with E-state index in [4.69, 9.17) is 28.2 Å². The second-order valence-corrected chi connectivity index (χ2v) is 7.92. The van der Waals surface area contributed by atoms with Crippen LogP contribution in [0.3, 0.4) is 0 Å². The lowest BCUT2D eigenvalue weighted by Crippen LogP contribution is -2.56. The summed E-state index contributed by atoms with van der Waals surface area (Å²) in [5.41, 5.74) is 11.3. The lowest BCUT2D eigenvalue weighted by molar-refractivity contribution is 0.153. The summed E-state index contributed by atoms with van der Waals surface area (Å²) in [5.74, 6) is 0.801. The third-order valence-electron chi connectivity index (χ3n) is 4.62. The maximum Gasteiger partial charge on any atom is 0.405 e. The van der Waals surface area contributed by atoms with Crippen molar-refractivity contribution in [2.75, 3.05) is 36.1 Å². The molecule has 0 spiro atoms. The van der Waals surface area contributed by atoms with Crippen LogP contribution in [-0.2, 0) is 0 Å². The van der Waals surface area contributed by atoms with Crippen LogP contribution in [-0.4, -0.2) is 46.5 Å². The minimum absolute atomic E-state index is 0.243. The number of benzene rings is 1. The van der Waals surface area contributed by atoms with Crippen LogP contribution >= 0.6 is 23.4 Å². The molecule has 0 unspecified atom stereocenters. The van der Waals surface area contributed by atoms with E-state index in [0.717, 1.165) is 4.90 Å². The van der Waals surface area contributed by atoms with Gasteiger partial charge in [0.15, 0.2) is 5.82 Å². The SMILES string of the molecule is Nc1cccc(Sc2ncc(N3CCC(CF)(NC(=O)O)CC3)nc2N)c1Cl. The molecule has 28 heavy (non-hydrogen) atoms. The Balaban J connectivity index is 1.71. The van der Waals surface area contributed by atoms with Gasteiger partial charge >= 0.3 is 6.09 Å². The third kappa shape index (κ3) is 4.33. The zero-order chi connectivity index (χ0) is 20.3. The number of piperidine rings is 1. The molecule has 0 saturated carbocycles. The number of aromatic nitrogens is 2. The van der Waals surface area contributed by atoms with Crippen LogP contribution in [0.15, 0.2) is 34.3 Å². The molecule has 3 rings (SSSR count). The van der Waals surface area contributed by atoms with Crippen LogP contribution in [0.25, 0.3) is 0 Å². The number of nitrogens with one attached hydrogen (secondary N) is 1. The Bertz CT molecular complexity index is 879. The van der Waals surface area contributed by atoms with Crippen molar-refractivity contribution >= 4 is 46.8 Å². The fraction of sp³-hybridized carbons (Fsp3) is 0.353. The van der Waals surface area contributed by atoms with Gasteiger partial charge in [-0.25, -0.2) is 19.2 Å². The summed E-state index contributed by atoms with van der Waals surface area (Å²) in [6.07, 6.45) is 1.02. The standard InChI is InChI=1S/C17H20ClFN6O2S/c18-13-10(20)2-1-3-11(13)28-15-14(21)23-12(8-22-15)25-6-4-17(9-19,5-7-25)24-16(26)27/h1-3,8,24H,4-7,9,20H2,(H2,21,23)(H,26,27). The zero-order valence-corrected chi connectivity index (χ0v) is 16.4. The van der Waals surface area contributed by atoms with E-state index in [-0.39, 0.29) is 5.82 Å². The largest absolute Gasteiger partial charge is 0.465 e. The Morgan fingerprint density at radius 1 is 1.39 bits per heavy atom. The molecule has 1 aliphatic rings. The molecule has 0 radical (unpaired) electrons. The topological polar surface area (TPSA) is 130 Å². The van der Waals surface area contributed by atoms with Crippen molar-refractivity contribution < 1.29 is 14.3 Å². The van der Waals surface area contributed by atoms with Gasteiger partial charge in [-0.15, -0.1) is 0 Å². The molecule has 1 aliphatic heterocycles. The highest BCUT2D eigenvalue weighted by Gasteiger charge is 2.36. The summed E-state index contributed by atoms with van der Waals surface area (Å²) in [4.78, 5) is 22.3. The fourth-order valence-electron chi connectivity index (χ4n) is 3.01. The van der Waals surface area contributed by atoms with Crippen molar-refractivity contribution in [3.05, 3.63) is 29.4 Å². The van der Waals surface area contributed by atoms with Crippen molar-refractivity contribution in [3.63, 3.8) is 0 Å². The number of alkyl halides is 1. The van der Waals surface area contributed by atoms with Crippen LogP contribution in [0.5, 0.6) is 0 Å². The summed E-state index contributed by atoms with van der Waals surface area (Å²) in [5, 5.41) is 12.2. The van der Waals surface area contributed by atoms with Gasteiger partial charge in [0.1, 0.15) is 17.5 Å². The molecule has 8 nitrogen and oxygen atoms in total. The predicted molar refractivity (Wildman–Crippen MR) is 108 cm³/mol. The lowest BCUT2D eigenvalue weighted by atomic mass is 9.89. The van der Waals surface area contributed by atoms with Gasteiger partial charge < -0.3 is 26.8 Å². The molecular weight excluding hydrogens is 407 g/mol. The maximum absolute atomic E-state index is 13.4. The molecule has 2 aromatic rings. The Labute approximate surface area is 170 Å². The highest BCUT2D eigenvalue weighted by atomic mass is 35.5. The van der Waals surface area contributed by atoms with Gasteiger partial charge in [0.05, 0.1) is 22.4 Å². The van der Waals surface area contributed by atoms with Crippen LogP contribution in [0.2, 0.25) is 5.02 Å². The number of amides is 1. The maximum atomic E-state index is 13.4. The van der Waals surface area contributed by atoms with Crippen molar-refractivity contribution in [3.8, 4) is 0 Å². The van der Waals surface area contributed by atoms with Gasteiger partial charge in [-0.05, 0) is 25.0 Å². The Morgan fingerprint density at radius 3 is 2.71 bits per heavy atom. The van der Waals surface area contributed by atoms with Crippen LogP contribution in [0, 0.1) is 0 Å². The first-order valence-electron chi connectivity index (χ1n) is 8.50.